The number of Topliss-reactive ketones (excluding diaryl/α,β-unsaturated/α-hetero) is 1. The van der Waals surface area contributed by atoms with E-state index in [-0.39, 0.29) is 17.6 Å². The van der Waals surface area contributed by atoms with Crippen molar-refractivity contribution in [3.63, 3.8) is 0 Å². The molecular formula is C23H21BrO3S. The maximum Gasteiger partial charge on any atom is 0.298 e. The summed E-state index contributed by atoms with van der Waals surface area (Å²) in [7, 11) is 0. The van der Waals surface area contributed by atoms with E-state index in [1.807, 2.05) is 53.9 Å². The van der Waals surface area contributed by atoms with Crippen molar-refractivity contribution in [3.8, 4) is 16.9 Å². The van der Waals surface area contributed by atoms with Crippen LogP contribution in [0.25, 0.3) is 11.1 Å². The zero-order valence-corrected chi connectivity index (χ0v) is 18.4. The van der Waals surface area contributed by atoms with Gasteiger partial charge in [0.2, 0.25) is 0 Å². The van der Waals surface area contributed by atoms with Crippen molar-refractivity contribution in [1.29, 1.82) is 0 Å². The summed E-state index contributed by atoms with van der Waals surface area (Å²) in [5.74, 6) is 0.461. The van der Waals surface area contributed by atoms with E-state index < -0.39 is 0 Å². The average Bonchev–Trinajstić information content (AvgIpc) is 3.04. The van der Waals surface area contributed by atoms with E-state index in [9.17, 15) is 9.59 Å². The second kappa shape index (κ2) is 8.41. The fourth-order valence-electron chi connectivity index (χ4n) is 2.92. The Kier molecular flexibility index (Phi) is 6.16. The predicted octanol–water partition coefficient (Wildman–Crippen LogP) is 6.44. The van der Waals surface area contributed by atoms with Gasteiger partial charge in [-0.1, -0.05) is 73.1 Å². The second-order valence-electron chi connectivity index (χ2n) is 7.55. The predicted molar refractivity (Wildman–Crippen MR) is 117 cm³/mol. The SMILES string of the molecule is CC(C)(C)c1ccc(C(=O)Cc2scc(-c3ccc(Br)cc3)c2OC=O)cc1. The number of ketones is 1. The van der Waals surface area contributed by atoms with E-state index in [2.05, 4.69) is 36.7 Å². The van der Waals surface area contributed by atoms with Gasteiger partial charge in [0, 0.05) is 27.4 Å². The molecule has 144 valence electrons. The lowest BCUT2D eigenvalue weighted by Gasteiger charge is -2.19. The molecule has 0 N–H and O–H groups in total. The normalized spacial score (nSPS) is 11.3. The van der Waals surface area contributed by atoms with E-state index in [1.165, 1.54) is 16.9 Å². The Bertz CT molecular complexity index is 980. The lowest BCUT2D eigenvalue weighted by Crippen LogP contribution is -2.11. The molecule has 0 fully saturated rings. The molecule has 5 heteroatoms. The molecule has 1 aromatic heterocycles. The van der Waals surface area contributed by atoms with Crippen LogP contribution in [0.3, 0.4) is 0 Å². The number of benzene rings is 2. The van der Waals surface area contributed by atoms with Crippen molar-refractivity contribution in [3.05, 3.63) is 74.4 Å². The summed E-state index contributed by atoms with van der Waals surface area (Å²) < 4.78 is 6.23. The third kappa shape index (κ3) is 4.59. The molecule has 1 heterocycles. The van der Waals surface area contributed by atoms with E-state index in [4.69, 9.17) is 4.74 Å². The fourth-order valence-corrected chi connectivity index (χ4v) is 4.17. The van der Waals surface area contributed by atoms with Crippen LogP contribution in [0.1, 0.15) is 41.6 Å². The summed E-state index contributed by atoms with van der Waals surface area (Å²) in [6, 6.07) is 15.5. The number of rotatable bonds is 6. The van der Waals surface area contributed by atoms with Gasteiger partial charge in [-0.2, -0.15) is 0 Å². The Labute approximate surface area is 177 Å². The lowest BCUT2D eigenvalue weighted by molar-refractivity contribution is -0.120. The average molecular weight is 457 g/mol. The first-order valence-electron chi connectivity index (χ1n) is 8.90. The minimum Gasteiger partial charge on any atom is -0.427 e. The maximum atomic E-state index is 12.8. The first-order chi connectivity index (χ1) is 13.3. The van der Waals surface area contributed by atoms with Gasteiger partial charge in [-0.15, -0.1) is 11.3 Å². The zero-order valence-electron chi connectivity index (χ0n) is 16.0. The molecule has 0 saturated carbocycles. The highest BCUT2D eigenvalue weighted by molar-refractivity contribution is 9.10. The van der Waals surface area contributed by atoms with E-state index in [0.29, 0.717) is 17.8 Å². The smallest absolute Gasteiger partial charge is 0.298 e. The fraction of sp³-hybridized carbons (Fsp3) is 0.217. The number of ether oxygens (including phenoxy) is 1. The molecule has 3 aromatic rings. The van der Waals surface area contributed by atoms with Crippen LogP contribution in [0, 0.1) is 0 Å². The van der Waals surface area contributed by atoms with Crippen molar-refractivity contribution in [2.45, 2.75) is 32.6 Å². The Morgan fingerprint density at radius 3 is 2.29 bits per heavy atom. The molecule has 0 radical (unpaired) electrons. The molecule has 3 rings (SSSR count). The summed E-state index contributed by atoms with van der Waals surface area (Å²) in [5, 5.41) is 1.92. The number of hydrogen-bond acceptors (Lipinski definition) is 4. The molecule has 28 heavy (non-hydrogen) atoms. The van der Waals surface area contributed by atoms with Crippen LogP contribution in [0.2, 0.25) is 0 Å². The monoisotopic (exact) mass is 456 g/mol. The molecule has 0 spiro atoms. The van der Waals surface area contributed by atoms with Crippen molar-refractivity contribution in [2.24, 2.45) is 0 Å². The first kappa shape index (κ1) is 20.5. The van der Waals surface area contributed by atoms with E-state index >= 15 is 0 Å². The van der Waals surface area contributed by atoms with Crippen LogP contribution < -0.4 is 4.74 Å². The Morgan fingerprint density at radius 2 is 1.71 bits per heavy atom. The van der Waals surface area contributed by atoms with Crippen molar-refractivity contribution in [2.75, 3.05) is 0 Å². The summed E-state index contributed by atoms with van der Waals surface area (Å²) in [6.45, 7) is 6.84. The summed E-state index contributed by atoms with van der Waals surface area (Å²) in [6.07, 6.45) is 0.194. The zero-order chi connectivity index (χ0) is 20.3. The third-order valence-electron chi connectivity index (χ3n) is 4.53. The Balaban J connectivity index is 1.86. The minimum atomic E-state index is 0.000384. The standard InChI is InChI=1S/C23H21BrO3S/c1-23(2,3)17-8-4-16(5-9-17)20(26)12-21-22(27-14-25)19(13-28-21)15-6-10-18(24)11-7-15/h4-11,13-14H,12H2,1-3H3. The topological polar surface area (TPSA) is 43.4 Å². The van der Waals surface area contributed by atoms with Gasteiger partial charge in [-0.25, -0.2) is 0 Å². The lowest BCUT2D eigenvalue weighted by atomic mass is 9.86. The Hall–Kier alpha value is -2.24. The van der Waals surface area contributed by atoms with Gasteiger partial charge in [0.1, 0.15) is 0 Å². The van der Waals surface area contributed by atoms with Gasteiger partial charge in [0.15, 0.2) is 11.5 Å². The van der Waals surface area contributed by atoms with E-state index in [1.54, 1.807) is 0 Å². The molecule has 0 unspecified atom stereocenters. The van der Waals surface area contributed by atoms with Crippen LogP contribution in [0.5, 0.6) is 5.75 Å². The molecule has 0 aliphatic carbocycles. The summed E-state index contributed by atoms with van der Waals surface area (Å²) in [5.41, 5.74) is 3.63. The van der Waals surface area contributed by atoms with Gasteiger partial charge >= 0.3 is 0 Å². The van der Waals surface area contributed by atoms with E-state index in [0.717, 1.165) is 20.5 Å². The van der Waals surface area contributed by atoms with Gasteiger partial charge in [0.05, 0.1) is 4.88 Å². The minimum absolute atomic E-state index is 0.000384. The molecule has 0 amide bonds. The number of carbonyl (C=O) groups is 2. The Morgan fingerprint density at radius 1 is 1.07 bits per heavy atom. The first-order valence-corrected chi connectivity index (χ1v) is 10.6. The highest BCUT2D eigenvalue weighted by Crippen LogP contribution is 2.39. The van der Waals surface area contributed by atoms with Crippen LogP contribution in [-0.4, -0.2) is 12.3 Å². The number of thiophene rings is 1. The summed E-state index contributed by atoms with van der Waals surface area (Å²) in [4.78, 5) is 24.6. The van der Waals surface area contributed by atoms with Crippen LogP contribution >= 0.6 is 27.3 Å². The van der Waals surface area contributed by atoms with Crippen molar-refractivity contribution < 1.29 is 14.3 Å². The van der Waals surface area contributed by atoms with Crippen molar-refractivity contribution in [1.82, 2.24) is 0 Å². The summed E-state index contributed by atoms with van der Waals surface area (Å²) >= 11 is 4.85. The largest absolute Gasteiger partial charge is 0.427 e. The maximum absolute atomic E-state index is 12.8. The second-order valence-corrected chi connectivity index (χ2v) is 9.43. The van der Waals surface area contributed by atoms with Gasteiger partial charge in [-0.05, 0) is 28.7 Å². The molecule has 0 aliphatic rings. The highest BCUT2D eigenvalue weighted by atomic mass is 79.9. The van der Waals surface area contributed by atoms with Gasteiger partial charge < -0.3 is 4.74 Å². The number of halogens is 1. The quantitative estimate of drug-likeness (QED) is 0.316. The highest BCUT2D eigenvalue weighted by Gasteiger charge is 2.19. The van der Waals surface area contributed by atoms with Crippen LogP contribution in [-0.2, 0) is 16.6 Å². The number of carbonyl (C=O) groups excluding carboxylic acids is 2. The molecular weight excluding hydrogens is 436 g/mol. The molecule has 3 nitrogen and oxygen atoms in total. The van der Waals surface area contributed by atoms with Crippen LogP contribution in [0.15, 0.2) is 58.4 Å². The van der Waals surface area contributed by atoms with Gasteiger partial charge in [-0.3, -0.25) is 9.59 Å². The van der Waals surface area contributed by atoms with Gasteiger partial charge in [0.25, 0.3) is 6.47 Å². The van der Waals surface area contributed by atoms with Crippen LogP contribution in [0.4, 0.5) is 0 Å². The molecule has 2 aromatic carbocycles. The molecule has 0 atom stereocenters. The third-order valence-corrected chi connectivity index (χ3v) is 6.03. The molecule has 0 aliphatic heterocycles. The number of hydrogen-bond donors (Lipinski definition) is 0. The molecule has 0 saturated heterocycles. The molecule has 0 bridgehead atoms. The van der Waals surface area contributed by atoms with Crippen molar-refractivity contribution >= 4 is 39.5 Å².